The molecule has 2 rings (SSSR count). The molecule has 0 saturated heterocycles. The smallest absolute Gasteiger partial charge is 0.0948 e. The first-order chi connectivity index (χ1) is 16.3. The molecular weight excluding hydrogens is 400 g/mol. The van der Waals surface area contributed by atoms with Gasteiger partial charge in [0, 0.05) is 18.4 Å². The third kappa shape index (κ3) is 12.5. The minimum atomic E-state index is 0.577. The molecule has 2 atom stereocenters. The van der Waals surface area contributed by atoms with Gasteiger partial charge >= 0.3 is 0 Å². The summed E-state index contributed by atoms with van der Waals surface area (Å²) in [4.78, 5) is 4.42. The SMILES string of the molecule is CCCCCCCCCCCC(C(CCCCCCCC)Cc1ccccc1)n1ccnc1. The maximum absolute atomic E-state index is 4.42. The van der Waals surface area contributed by atoms with Gasteiger partial charge in [-0.15, -0.1) is 0 Å². The molecule has 2 heteroatoms. The number of unbranched alkanes of at least 4 members (excludes halogenated alkanes) is 13. The van der Waals surface area contributed by atoms with Crippen LogP contribution in [0.25, 0.3) is 0 Å². The summed E-state index contributed by atoms with van der Waals surface area (Å²) in [5, 5.41) is 0. The molecule has 0 radical (unpaired) electrons. The molecule has 0 N–H and O–H groups in total. The van der Waals surface area contributed by atoms with Gasteiger partial charge in [-0.05, 0) is 30.7 Å². The summed E-state index contributed by atoms with van der Waals surface area (Å²) in [6.07, 6.45) is 30.9. The lowest BCUT2D eigenvalue weighted by molar-refractivity contribution is 0.275. The summed E-state index contributed by atoms with van der Waals surface area (Å²) < 4.78 is 2.43. The Morgan fingerprint density at radius 3 is 1.76 bits per heavy atom. The second kappa shape index (κ2) is 18.8. The maximum atomic E-state index is 4.42. The molecular formula is C31H52N2. The lowest BCUT2D eigenvalue weighted by Crippen LogP contribution is -2.21. The van der Waals surface area contributed by atoms with E-state index in [2.05, 4.69) is 66.3 Å². The topological polar surface area (TPSA) is 17.8 Å². The van der Waals surface area contributed by atoms with Crippen molar-refractivity contribution in [1.82, 2.24) is 9.55 Å². The van der Waals surface area contributed by atoms with Gasteiger partial charge in [-0.2, -0.15) is 0 Å². The summed E-state index contributed by atoms with van der Waals surface area (Å²) in [7, 11) is 0. The quantitative estimate of drug-likeness (QED) is 0.172. The van der Waals surface area contributed by atoms with E-state index in [1.165, 1.54) is 121 Å². The van der Waals surface area contributed by atoms with Crippen LogP contribution in [0.1, 0.15) is 135 Å². The average molecular weight is 453 g/mol. The Bertz CT molecular complexity index is 649. The van der Waals surface area contributed by atoms with E-state index in [0.717, 1.165) is 0 Å². The van der Waals surface area contributed by atoms with Crippen LogP contribution in [0.2, 0.25) is 0 Å². The molecule has 0 saturated carbocycles. The van der Waals surface area contributed by atoms with Gasteiger partial charge < -0.3 is 4.57 Å². The van der Waals surface area contributed by atoms with Crippen LogP contribution < -0.4 is 0 Å². The highest BCUT2D eigenvalue weighted by molar-refractivity contribution is 5.15. The Labute approximate surface area is 205 Å². The van der Waals surface area contributed by atoms with Crippen LogP contribution in [0, 0.1) is 5.92 Å². The van der Waals surface area contributed by atoms with Crippen molar-refractivity contribution in [2.24, 2.45) is 5.92 Å². The summed E-state index contributed by atoms with van der Waals surface area (Å²) >= 11 is 0. The van der Waals surface area contributed by atoms with Crippen molar-refractivity contribution in [3.63, 3.8) is 0 Å². The molecule has 0 amide bonds. The fourth-order valence-electron chi connectivity index (χ4n) is 5.29. The van der Waals surface area contributed by atoms with Crippen molar-refractivity contribution in [3.05, 3.63) is 54.6 Å². The summed E-state index contributed by atoms with van der Waals surface area (Å²) in [5.74, 6) is 0.696. The lowest BCUT2D eigenvalue weighted by Gasteiger charge is -2.29. The highest BCUT2D eigenvalue weighted by Gasteiger charge is 2.23. The Kier molecular flexibility index (Phi) is 15.8. The predicted octanol–water partition coefficient (Wildman–Crippen LogP) is 9.95. The highest BCUT2D eigenvalue weighted by atomic mass is 15.1. The van der Waals surface area contributed by atoms with Crippen molar-refractivity contribution < 1.29 is 0 Å². The normalized spacial score (nSPS) is 13.3. The number of hydrogen-bond acceptors (Lipinski definition) is 1. The van der Waals surface area contributed by atoms with E-state index >= 15 is 0 Å². The molecule has 33 heavy (non-hydrogen) atoms. The fourth-order valence-corrected chi connectivity index (χ4v) is 5.29. The Balaban J connectivity index is 1.87. The summed E-state index contributed by atoms with van der Waals surface area (Å²) in [5.41, 5.74) is 1.49. The standard InChI is InChI=1S/C31H52N2/c1-3-5-7-9-11-12-13-15-20-24-31(33-26-25-32-28-33)30(23-19-14-10-8-6-4-2)27-29-21-17-16-18-22-29/h16-18,21-22,25-26,28,30-31H,3-15,19-20,23-24,27H2,1-2H3. The molecule has 1 aromatic carbocycles. The van der Waals surface area contributed by atoms with Crippen LogP contribution in [-0.2, 0) is 6.42 Å². The molecule has 0 aliphatic heterocycles. The fraction of sp³-hybridized carbons (Fsp3) is 0.710. The average Bonchev–Trinajstić information content (AvgIpc) is 3.37. The van der Waals surface area contributed by atoms with Gasteiger partial charge in [-0.3, -0.25) is 0 Å². The second-order valence-corrected chi connectivity index (χ2v) is 10.2. The zero-order valence-corrected chi connectivity index (χ0v) is 21.9. The van der Waals surface area contributed by atoms with E-state index in [9.17, 15) is 0 Å². The lowest BCUT2D eigenvalue weighted by atomic mass is 9.84. The molecule has 0 fully saturated rings. The van der Waals surface area contributed by atoms with Crippen molar-refractivity contribution in [2.45, 2.75) is 135 Å². The van der Waals surface area contributed by atoms with E-state index in [0.29, 0.717) is 12.0 Å². The molecule has 2 unspecified atom stereocenters. The summed E-state index contributed by atoms with van der Waals surface area (Å²) in [6.45, 7) is 4.60. The zero-order chi connectivity index (χ0) is 23.4. The molecule has 0 aliphatic rings. The Hall–Kier alpha value is -1.57. The van der Waals surface area contributed by atoms with Gasteiger partial charge in [0.2, 0.25) is 0 Å². The Morgan fingerprint density at radius 2 is 1.21 bits per heavy atom. The van der Waals surface area contributed by atoms with E-state index in [-0.39, 0.29) is 0 Å². The van der Waals surface area contributed by atoms with E-state index in [1.807, 2.05) is 6.20 Å². The summed E-state index contributed by atoms with van der Waals surface area (Å²) in [6, 6.07) is 11.7. The first-order valence-electron chi connectivity index (χ1n) is 14.4. The van der Waals surface area contributed by atoms with Gasteiger partial charge in [0.1, 0.15) is 0 Å². The van der Waals surface area contributed by atoms with Crippen molar-refractivity contribution in [3.8, 4) is 0 Å². The second-order valence-electron chi connectivity index (χ2n) is 10.2. The van der Waals surface area contributed by atoms with Crippen LogP contribution in [0.5, 0.6) is 0 Å². The predicted molar refractivity (Wildman–Crippen MR) is 145 cm³/mol. The van der Waals surface area contributed by atoms with Crippen LogP contribution in [0.4, 0.5) is 0 Å². The van der Waals surface area contributed by atoms with Gasteiger partial charge in [0.25, 0.3) is 0 Å². The molecule has 0 bridgehead atoms. The number of hydrogen-bond donors (Lipinski definition) is 0. The minimum absolute atomic E-state index is 0.577. The molecule has 1 heterocycles. The largest absolute Gasteiger partial charge is 0.334 e. The third-order valence-electron chi connectivity index (χ3n) is 7.32. The number of imidazole rings is 1. The first kappa shape index (κ1) is 27.7. The number of rotatable bonds is 21. The van der Waals surface area contributed by atoms with E-state index in [4.69, 9.17) is 0 Å². The maximum Gasteiger partial charge on any atom is 0.0948 e. The van der Waals surface area contributed by atoms with Crippen LogP contribution >= 0.6 is 0 Å². The molecule has 0 aliphatic carbocycles. The van der Waals surface area contributed by atoms with Crippen molar-refractivity contribution in [2.75, 3.05) is 0 Å². The number of benzene rings is 1. The minimum Gasteiger partial charge on any atom is -0.334 e. The van der Waals surface area contributed by atoms with Crippen LogP contribution in [0.15, 0.2) is 49.1 Å². The van der Waals surface area contributed by atoms with Gasteiger partial charge in [-0.1, -0.05) is 140 Å². The van der Waals surface area contributed by atoms with Gasteiger partial charge in [-0.25, -0.2) is 4.98 Å². The highest BCUT2D eigenvalue weighted by Crippen LogP contribution is 2.32. The third-order valence-corrected chi connectivity index (χ3v) is 7.32. The molecule has 2 nitrogen and oxygen atoms in total. The number of aromatic nitrogens is 2. The van der Waals surface area contributed by atoms with E-state index in [1.54, 1.807) is 0 Å². The molecule has 2 aromatic rings. The van der Waals surface area contributed by atoms with Crippen LogP contribution in [-0.4, -0.2) is 9.55 Å². The van der Waals surface area contributed by atoms with Gasteiger partial charge in [0.15, 0.2) is 0 Å². The van der Waals surface area contributed by atoms with Crippen LogP contribution in [0.3, 0.4) is 0 Å². The first-order valence-corrected chi connectivity index (χ1v) is 14.4. The van der Waals surface area contributed by atoms with Crippen molar-refractivity contribution >= 4 is 0 Å². The molecule has 0 spiro atoms. The molecule has 1 aromatic heterocycles. The van der Waals surface area contributed by atoms with Crippen molar-refractivity contribution in [1.29, 1.82) is 0 Å². The Morgan fingerprint density at radius 1 is 0.667 bits per heavy atom. The molecule has 186 valence electrons. The van der Waals surface area contributed by atoms with Gasteiger partial charge in [0.05, 0.1) is 6.33 Å². The van der Waals surface area contributed by atoms with E-state index < -0.39 is 0 Å². The zero-order valence-electron chi connectivity index (χ0n) is 21.9. The number of nitrogens with zero attached hydrogens (tertiary/aromatic N) is 2. The monoisotopic (exact) mass is 452 g/mol.